The van der Waals surface area contributed by atoms with Gasteiger partial charge in [-0.3, -0.25) is 0 Å². The number of nitrogens with zero attached hydrogens (tertiary/aromatic N) is 1. The van der Waals surface area contributed by atoms with Crippen LogP contribution in [0.4, 0.5) is 0 Å². The van der Waals surface area contributed by atoms with Crippen LogP contribution in [0, 0.1) is 0 Å². The van der Waals surface area contributed by atoms with Gasteiger partial charge in [-0.15, -0.1) is 5.06 Å². The average Bonchev–Trinajstić information content (AvgIpc) is 2.74. The van der Waals surface area contributed by atoms with Crippen molar-refractivity contribution in [2.75, 3.05) is 13.1 Å². The first-order valence-corrected chi connectivity index (χ1v) is 10.5. The van der Waals surface area contributed by atoms with E-state index in [9.17, 15) is 4.79 Å². The summed E-state index contributed by atoms with van der Waals surface area (Å²) in [5, 5.41) is 5.44. The van der Waals surface area contributed by atoms with E-state index in [1.54, 1.807) is 5.06 Å². The van der Waals surface area contributed by atoms with E-state index in [2.05, 4.69) is 48.5 Å². The largest absolute Gasteiger partial charge is 0.364 e. The van der Waals surface area contributed by atoms with Gasteiger partial charge < -0.3 is 4.84 Å². The van der Waals surface area contributed by atoms with Crippen LogP contribution in [0.5, 0.6) is 0 Å². The van der Waals surface area contributed by atoms with Crippen molar-refractivity contribution in [3.63, 3.8) is 0 Å². The molecule has 4 heteroatoms. The summed E-state index contributed by atoms with van der Waals surface area (Å²) in [7, 11) is -0.663. The van der Waals surface area contributed by atoms with Crippen molar-refractivity contribution >= 4 is 29.8 Å². The highest BCUT2D eigenvalue weighted by molar-refractivity contribution is 7.79. The Labute approximate surface area is 162 Å². The van der Waals surface area contributed by atoms with Gasteiger partial charge in [0.25, 0.3) is 0 Å². The molecule has 0 spiro atoms. The number of hydrogen-bond donors (Lipinski definition) is 0. The fraction of sp³-hybridized carbons (Fsp3) is 0.174. The Morgan fingerprint density at radius 3 is 1.63 bits per heavy atom. The number of hydroxylamine groups is 2. The topological polar surface area (TPSA) is 29.5 Å². The van der Waals surface area contributed by atoms with Crippen LogP contribution in [0.1, 0.15) is 24.2 Å². The fourth-order valence-electron chi connectivity index (χ4n) is 2.87. The number of benzene rings is 3. The van der Waals surface area contributed by atoms with Crippen molar-refractivity contribution in [1.82, 2.24) is 5.06 Å². The van der Waals surface area contributed by atoms with E-state index in [0.717, 1.165) is 0 Å². The number of hydrogen-bond acceptors (Lipinski definition) is 3. The highest BCUT2D eigenvalue weighted by Gasteiger charge is 2.17. The Bertz CT molecular complexity index is 807. The van der Waals surface area contributed by atoms with E-state index in [4.69, 9.17) is 4.84 Å². The van der Waals surface area contributed by atoms with Crippen LogP contribution in [-0.4, -0.2) is 24.1 Å². The van der Waals surface area contributed by atoms with E-state index >= 15 is 0 Å². The van der Waals surface area contributed by atoms with Gasteiger partial charge in [-0.1, -0.05) is 72.8 Å². The Balaban J connectivity index is 1.89. The van der Waals surface area contributed by atoms with Gasteiger partial charge in [0.15, 0.2) is 0 Å². The molecule has 0 saturated heterocycles. The standard InChI is InChI=1S/C23H24NO2P/c1-3-24(4-2)26-23(25)19-15-17-22(18-16-19)27(20-11-7-5-8-12-20)21-13-9-6-10-14-21/h5-18H,3-4H2,1-2H3. The van der Waals surface area contributed by atoms with Gasteiger partial charge in [-0.25, -0.2) is 4.79 Å². The minimum Gasteiger partial charge on any atom is -0.364 e. The van der Waals surface area contributed by atoms with E-state index in [1.807, 2.05) is 50.2 Å². The molecule has 0 aliphatic carbocycles. The summed E-state index contributed by atoms with van der Waals surface area (Å²) in [6, 6.07) is 28.9. The van der Waals surface area contributed by atoms with E-state index < -0.39 is 7.92 Å². The Kier molecular flexibility index (Phi) is 6.75. The molecule has 0 N–H and O–H groups in total. The summed E-state index contributed by atoms with van der Waals surface area (Å²) in [6.07, 6.45) is 0. The molecule has 3 nitrogen and oxygen atoms in total. The SMILES string of the molecule is CCN(CC)OC(=O)c1ccc(P(c2ccccc2)c2ccccc2)cc1. The monoisotopic (exact) mass is 377 g/mol. The van der Waals surface area contributed by atoms with Crippen molar-refractivity contribution in [3.05, 3.63) is 90.5 Å². The second kappa shape index (κ2) is 9.45. The predicted octanol–water partition coefficient (Wildman–Crippen LogP) is 3.86. The molecule has 0 bridgehead atoms. The average molecular weight is 377 g/mol. The summed E-state index contributed by atoms with van der Waals surface area (Å²) in [5.41, 5.74) is 0.571. The molecule has 27 heavy (non-hydrogen) atoms. The van der Waals surface area contributed by atoms with Crippen LogP contribution in [0.3, 0.4) is 0 Å². The van der Waals surface area contributed by atoms with Gasteiger partial charge in [0.05, 0.1) is 5.56 Å². The van der Waals surface area contributed by atoms with E-state index in [0.29, 0.717) is 18.7 Å². The molecule has 0 amide bonds. The lowest BCUT2D eigenvalue weighted by molar-refractivity contribution is -0.103. The Morgan fingerprint density at radius 1 is 0.741 bits per heavy atom. The number of rotatable bonds is 7. The molecule has 0 aliphatic heterocycles. The highest BCUT2D eigenvalue weighted by Crippen LogP contribution is 2.32. The second-order valence-corrected chi connectivity index (χ2v) is 8.27. The van der Waals surface area contributed by atoms with Crippen LogP contribution in [0.25, 0.3) is 0 Å². The summed E-state index contributed by atoms with van der Waals surface area (Å²) >= 11 is 0. The van der Waals surface area contributed by atoms with Crippen LogP contribution >= 0.6 is 7.92 Å². The predicted molar refractivity (Wildman–Crippen MR) is 113 cm³/mol. The summed E-state index contributed by atoms with van der Waals surface area (Å²) in [4.78, 5) is 17.7. The van der Waals surface area contributed by atoms with Crippen molar-refractivity contribution in [2.24, 2.45) is 0 Å². The third kappa shape index (κ3) is 4.82. The summed E-state index contributed by atoms with van der Waals surface area (Å²) in [5.74, 6) is -0.311. The molecule has 0 aromatic heterocycles. The molecule has 0 aliphatic rings. The zero-order chi connectivity index (χ0) is 19.1. The van der Waals surface area contributed by atoms with Crippen LogP contribution in [0.15, 0.2) is 84.9 Å². The van der Waals surface area contributed by atoms with Crippen LogP contribution in [-0.2, 0) is 4.84 Å². The van der Waals surface area contributed by atoms with Gasteiger partial charge in [-0.2, -0.15) is 0 Å². The maximum Gasteiger partial charge on any atom is 0.357 e. The molecule has 0 atom stereocenters. The quantitative estimate of drug-likeness (QED) is 0.463. The lowest BCUT2D eigenvalue weighted by Gasteiger charge is -2.20. The lowest BCUT2D eigenvalue weighted by Crippen LogP contribution is -2.27. The first kappa shape index (κ1) is 19.3. The first-order chi connectivity index (χ1) is 13.2. The van der Waals surface area contributed by atoms with Gasteiger partial charge in [0.2, 0.25) is 0 Å². The molecular formula is C23H24NO2P. The second-order valence-electron chi connectivity index (χ2n) is 6.05. The zero-order valence-electron chi connectivity index (χ0n) is 15.7. The molecule has 0 saturated carbocycles. The Morgan fingerprint density at radius 2 is 1.19 bits per heavy atom. The third-order valence-electron chi connectivity index (χ3n) is 4.31. The zero-order valence-corrected chi connectivity index (χ0v) is 16.6. The van der Waals surface area contributed by atoms with Crippen molar-refractivity contribution in [2.45, 2.75) is 13.8 Å². The minimum absolute atomic E-state index is 0.311. The number of carbonyl (C=O) groups excluding carboxylic acids is 1. The number of carbonyl (C=O) groups is 1. The van der Waals surface area contributed by atoms with Crippen LogP contribution in [0.2, 0.25) is 0 Å². The van der Waals surface area contributed by atoms with Gasteiger partial charge in [0, 0.05) is 13.1 Å². The van der Waals surface area contributed by atoms with E-state index in [-0.39, 0.29) is 5.97 Å². The van der Waals surface area contributed by atoms with Gasteiger partial charge in [0.1, 0.15) is 0 Å². The molecule has 138 valence electrons. The minimum atomic E-state index is -0.663. The summed E-state index contributed by atoms with van der Waals surface area (Å²) in [6.45, 7) is 5.28. The third-order valence-corrected chi connectivity index (χ3v) is 6.75. The molecular weight excluding hydrogens is 353 g/mol. The fourth-order valence-corrected chi connectivity index (χ4v) is 5.15. The van der Waals surface area contributed by atoms with Gasteiger partial charge in [-0.05, 0) is 49.8 Å². The van der Waals surface area contributed by atoms with Gasteiger partial charge >= 0.3 is 5.97 Å². The highest BCUT2D eigenvalue weighted by atomic mass is 31.1. The Hall–Kier alpha value is -2.48. The molecule has 0 fully saturated rings. The molecule has 0 radical (unpaired) electrons. The molecule has 0 heterocycles. The summed E-state index contributed by atoms with van der Waals surface area (Å²) < 4.78 is 0. The van der Waals surface area contributed by atoms with Crippen molar-refractivity contribution in [3.8, 4) is 0 Å². The lowest BCUT2D eigenvalue weighted by atomic mass is 10.2. The molecule has 3 rings (SSSR count). The van der Waals surface area contributed by atoms with Crippen LogP contribution < -0.4 is 15.9 Å². The maximum absolute atomic E-state index is 12.3. The molecule has 3 aromatic rings. The van der Waals surface area contributed by atoms with Crippen molar-refractivity contribution in [1.29, 1.82) is 0 Å². The molecule has 3 aromatic carbocycles. The smallest absolute Gasteiger partial charge is 0.357 e. The van der Waals surface area contributed by atoms with E-state index in [1.165, 1.54) is 15.9 Å². The van der Waals surface area contributed by atoms with Crippen molar-refractivity contribution < 1.29 is 9.63 Å². The molecule has 0 unspecified atom stereocenters. The maximum atomic E-state index is 12.3. The normalized spacial score (nSPS) is 11.0. The first-order valence-electron chi connectivity index (χ1n) is 9.20.